The van der Waals surface area contributed by atoms with Gasteiger partial charge < -0.3 is 19.3 Å². The van der Waals surface area contributed by atoms with Crippen molar-refractivity contribution < 1.29 is 24.1 Å². The average molecular weight is 345 g/mol. The van der Waals surface area contributed by atoms with Gasteiger partial charge in [-0.05, 0) is 38.1 Å². The summed E-state index contributed by atoms with van der Waals surface area (Å²) in [5, 5.41) is 11.5. The van der Waals surface area contributed by atoms with Crippen molar-refractivity contribution in [2.75, 3.05) is 27.8 Å². The van der Waals surface area contributed by atoms with Crippen molar-refractivity contribution >= 4 is 5.78 Å². The van der Waals surface area contributed by atoms with Gasteiger partial charge in [0.1, 0.15) is 0 Å². The molecule has 2 bridgehead atoms. The molecule has 1 aromatic carbocycles. The number of likely N-dealkylation sites (tertiary alicyclic amines) is 1. The third-order valence-electron chi connectivity index (χ3n) is 7.23. The largest absolute Gasteiger partial charge is 0.493 e. The summed E-state index contributed by atoms with van der Waals surface area (Å²) >= 11 is 0. The molecule has 1 spiro atoms. The maximum atomic E-state index is 12.8. The van der Waals surface area contributed by atoms with Crippen molar-refractivity contribution in [3.63, 3.8) is 0 Å². The van der Waals surface area contributed by atoms with Crippen molar-refractivity contribution in [1.82, 2.24) is 4.90 Å². The lowest BCUT2D eigenvalue weighted by molar-refractivity contribution is -0.242. The number of hydrogen-bond donors (Lipinski definition) is 1. The van der Waals surface area contributed by atoms with Crippen LogP contribution in [0.2, 0.25) is 0 Å². The molecule has 6 heteroatoms. The van der Waals surface area contributed by atoms with E-state index in [9.17, 15) is 9.90 Å². The number of likely N-dealkylation sites (N-methyl/N-ethyl adjacent to an activating group) is 1. The Labute approximate surface area is 146 Å². The Hall–Kier alpha value is -1.63. The lowest BCUT2D eigenvalue weighted by Gasteiger charge is -2.56. The van der Waals surface area contributed by atoms with Crippen molar-refractivity contribution in [3.05, 3.63) is 23.3 Å². The normalized spacial score (nSPS) is 41.4. The highest BCUT2D eigenvalue weighted by Gasteiger charge is 2.80. The Bertz CT molecular complexity index is 794. The van der Waals surface area contributed by atoms with Crippen LogP contribution in [0.15, 0.2) is 12.1 Å². The van der Waals surface area contributed by atoms with E-state index in [0.29, 0.717) is 30.8 Å². The zero-order valence-electron chi connectivity index (χ0n) is 14.8. The number of Topliss-reactive ketones (excluding diaryl/α,β-unsaturated/α-hetero) is 1. The Morgan fingerprint density at radius 3 is 2.80 bits per heavy atom. The lowest BCUT2D eigenvalue weighted by atomic mass is 9.51. The zero-order valence-corrected chi connectivity index (χ0v) is 14.8. The summed E-state index contributed by atoms with van der Waals surface area (Å²) in [7, 11) is 5.28. The summed E-state index contributed by atoms with van der Waals surface area (Å²) in [4.78, 5) is 14.9. The molecule has 0 aromatic heterocycles. The molecular formula is C19H23NO5. The first-order valence-corrected chi connectivity index (χ1v) is 8.85. The molecule has 1 N–H and O–H groups in total. The predicted octanol–water partition coefficient (Wildman–Crippen LogP) is 1.54. The van der Waals surface area contributed by atoms with E-state index < -0.39 is 11.3 Å². The highest BCUT2D eigenvalue weighted by atomic mass is 16.6. The van der Waals surface area contributed by atoms with Crippen LogP contribution in [0, 0.1) is 0 Å². The minimum Gasteiger partial charge on any atom is -0.493 e. The zero-order chi connectivity index (χ0) is 17.6. The van der Waals surface area contributed by atoms with Crippen molar-refractivity contribution in [3.8, 4) is 11.5 Å². The van der Waals surface area contributed by atoms with Crippen LogP contribution in [0.1, 0.15) is 42.9 Å². The summed E-state index contributed by atoms with van der Waals surface area (Å²) in [5.74, 6) is -0.551. The number of benzene rings is 1. The van der Waals surface area contributed by atoms with Crippen molar-refractivity contribution in [1.29, 1.82) is 0 Å². The first-order chi connectivity index (χ1) is 11.9. The van der Waals surface area contributed by atoms with Gasteiger partial charge in [-0.2, -0.15) is 0 Å². The fraction of sp³-hybridized carbons (Fsp3) is 0.632. The summed E-state index contributed by atoms with van der Waals surface area (Å²) in [6.45, 7) is 0.811. The van der Waals surface area contributed by atoms with Crippen molar-refractivity contribution in [2.24, 2.45) is 0 Å². The topological polar surface area (TPSA) is 68.2 Å². The van der Waals surface area contributed by atoms with E-state index in [4.69, 9.17) is 14.2 Å². The van der Waals surface area contributed by atoms with Crippen LogP contribution in [0.3, 0.4) is 0 Å². The Balaban J connectivity index is 1.89. The molecule has 0 amide bonds. The van der Waals surface area contributed by atoms with E-state index in [1.807, 2.05) is 19.2 Å². The molecule has 0 radical (unpaired) electrons. The van der Waals surface area contributed by atoms with Crippen LogP contribution in [0.5, 0.6) is 11.5 Å². The first kappa shape index (κ1) is 15.6. The van der Waals surface area contributed by atoms with Crippen LogP contribution in [-0.4, -0.2) is 54.9 Å². The van der Waals surface area contributed by atoms with E-state index in [2.05, 4.69) is 4.90 Å². The standard InChI is InChI=1S/C19H23NO5/c1-20-9-8-17-7-6-14(21)19(22)18(17,20)10-13(25-19)11-4-5-12(23-2)16(24-3)15(11)17/h4-5,13,22H,6-10H2,1-3H3. The molecule has 2 heterocycles. The van der Waals surface area contributed by atoms with Gasteiger partial charge in [0, 0.05) is 23.8 Å². The third-order valence-corrected chi connectivity index (χ3v) is 7.23. The Morgan fingerprint density at radius 1 is 1.28 bits per heavy atom. The number of rotatable bonds is 2. The monoisotopic (exact) mass is 345 g/mol. The number of ketones is 1. The Kier molecular flexibility index (Phi) is 2.84. The number of aliphatic hydroxyl groups is 1. The third kappa shape index (κ3) is 1.40. The van der Waals surface area contributed by atoms with Crippen LogP contribution in [0.25, 0.3) is 0 Å². The number of hydrogen-bond acceptors (Lipinski definition) is 6. The fourth-order valence-corrected chi connectivity index (χ4v) is 6.27. The van der Waals surface area contributed by atoms with E-state index >= 15 is 0 Å². The number of ether oxygens (including phenoxy) is 3. The minimum atomic E-state index is -1.75. The number of carbonyl (C=O) groups excluding carboxylic acids is 1. The molecule has 2 saturated heterocycles. The molecule has 1 aromatic rings. The van der Waals surface area contributed by atoms with E-state index in [1.165, 1.54) is 0 Å². The van der Waals surface area contributed by atoms with Gasteiger partial charge in [-0.1, -0.05) is 6.07 Å². The fourth-order valence-electron chi connectivity index (χ4n) is 6.27. The predicted molar refractivity (Wildman–Crippen MR) is 88.8 cm³/mol. The van der Waals surface area contributed by atoms with Gasteiger partial charge in [0.05, 0.1) is 25.9 Å². The van der Waals surface area contributed by atoms with E-state index in [1.54, 1.807) is 14.2 Å². The van der Waals surface area contributed by atoms with Crippen molar-refractivity contribution in [2.45, 2.75) is 48.5 Å². The van der Waals surface area contributed by atoms with E-state index in [-0.39, 0.29) is 17.3 Å². The van der Waals surface area contributed by atoms with Gasteiger partial charge in [-0.3, -0.25) is 9.69 Å². The quantitative estimate of drug-likeness (QED) is 0.877. The molecule has 4 aliphatic rings. The second-order valence-corrected chi connectivity index (χ2v) is 7.76. The number of methoxy groups -OCH3 is 2. The molecule has 1 saturated carbocycles. The van der Waals surface area contributed by atoms with Crippen LogP contribution < -0.4 is 9.47 Å². The molecule has 6 nitrogen and oxygen atoms in total. The molecule has 5 rings (SSSR count). The molecule has 2 aliphatic carbocycles. The van der Waals surface area contributed by atoms with Crippen LogP contribution in [0.4, 0.5) is 0 Å². The second kappa shape index (κ2) is 4.55. The summed E-state index contributed by atoms with van der Waals surface area (Å²) in [6.07, 6.45) is 2.21. The smallest absolute Gasteiger partial charge is 0.247 e. The van der Waals surface area contributed by atoms with Gasteiger partial charge in [0.25, 0.3) is 0 Å². The van der Waals surface area contributed by atoms with E-state index in [0.717, 1.165) is 24.1 Å². The maximum absolute atomic E-state index is 12.8. The highest BCUT2D eigenvalue weighted by molar-refractivity contribution is 5.91. The van der Waals surface area contributed by atoms with Gasteiger partial charge in [0.15, 0.2) is 17.3 Å². The van der Waals surface area contributed by atoms with Gasteiger partial charge >= 0.3 is 0 Å². The molecular weight excluding hydrogens is 322 g/mol. The van der Waals surface area contributed by atoms with Gasteiger partial charge in [0.2, 0.25) is 5.79 Å². The summed E-state index contributed by atoms with van der Waals surface area (Å²) < 4.78 is 17.4. The molecule has 134 valence electrons. The summed E-state index contributed by atoms with van der Waals surface area (Å²) in [5.41, 5.74) is 0.992. The molecule has 4 atom stereocenters. The number of carbonyl (C=O) groups is 1. The van der Waals surface area contributed by atoms with Gasteiger partial charge in [-0.25, -0.2) is 0 Å². The minimum absolute atomic E-state index is 0.196. The van der Waals surface area contributed by atoms with Gasteiger partial charge in [-0.15, -0.1) is 0 Å². The molecule has 25 heavy (non-hydrogen) atoms. The first-order valence-electron chi connectivity index (χ1n) is 8.85. The molecule has 4 unspecified atom stereocenters. The SMILES string of the molecule is COc1ccc2c(c1OC)C13CCC(=O)C4(O)OC2CC41N(C)CC3. The molecule has 3 fully saturated rings. The average Bonchev–Trinajstić information content (AvgIpc) is 3.10. The van der Waals surface area contributed by atoms with Crippen LogP contribution >= 0.6 is 0 Å². The van der Waals surface area contributed by atoms with Crippen LogP contribution in [-0.2, 0) is 14.9 Å². The second-order valence-electron chi connectivity index (χ2n) is 7.76. The number of fused-ring (bicyclic) bond motifs is 3. The Morgan fingerprint density at radius 2 is 2.08 bits per heavy atom. The molecule has 2 aliphatic heterocycles. The highest BCUT2D eigenvalue weighted by Crippen LogP contribution is 2.71. The summed E-state index contributed by atoms with van der Waals surface area (Å²) in [6, 6.07) is 3.89. The number of nitrogens with zero attached hydrogens (tertiary/aromatic N) is 1. The lowest BCUT2D eigenvalue weighted by Crippen LogP contribution is -2.72. The maximum Gasteiger partial charge on any atom is 0.247 e.